The molecule has 0 aliphatic carbocycles. The molecule has 0 saturated heterocycles. The highest BCUT2D eigenvalue weighted by Crippen LogP contribution is 1.76. The second-order valence-electron chi connectivity index (χ2n) is 1.56. The van der Waals surface area contributed by atoms with E-state index in [-0.39, 0.29) is 13.0 Å². The van der Waals surface area contributed by atoms with E-state index < -0.39 is 12.1 Å². The van der Waals surface area contributed by atoms with Gasteiger partial charge in [0.15, 0.2) is 0 Å². The van der Waals surface area contributed by atoms with Crippen LogP contribution in [0.2, 0.25) is 0 Å². The van der Waals surface area contributed by atoms with Crippen molar-refractivity contribution in [1.82, 2.24) is 5.32 Å². The first kappa shape index (κ1) is 8.74. The number of carbonyl (C=O) groups excluding carboxylic acids is 1. The van der Waals surface area contributed by atoms with Crippen LogP contribution < -0.4 is 5.32 Å². The van der Waals surface area contributed by atoms with Crippen molar-refractivity contribution in [3.63, 3.8) is 0 Å². The third-order valence-electron chi connectivity index (χ3n) is 0.794. The molecule has 0 aromatic rings. The van der Waals surface area contributed by atoms with E-state index in [0.717, 1.165) is 0 Å². The average molecular weight is 147 g/mol. The smallest absolute Gasteiger partial charge is 0.406 e. The Bertz CT molecular complexity index is 134. The van der Waals surface area contributed by atoms with Crippen LogP contribution >= 0.6 is 0 Å². The topological polar surface area (TPSA) is 75.6 Å². The van der Waals surface area contributed by atoms with Crippen LogP contribution in [0.4, 0.5) is 4.79 Å². The van der Waals surface area contributed by atoms with Gasteiger partial charge in [-0.1, -0.05) is 0 Å². The molecule has 0 saturated carbocycles. The summed E-state index contributed by atoms with van der Waals surface area (Å²) in [6, 6.07) is 0. The van der Waals surface area contributed by atoms with Crippen LogP contribution in [0, 0.1) is 0 Å². The van der Waals surface area contributed by atoms with Gasteiger partial charge in [-0.15, -0.1) is 0 Å². The van der Waals surface area contributed by atoms with Gasteiger partial charge in [-0.2, -0.15) is 0 Å². The lowest BCUT2D eigenvalue weighted by Crippen LogP contribution is -2.25. The summed E-state index contributed by atoms with van der Waals surface area (Å²) in [6.07, 6.45) is -0.698. The Morgan fingerprint density at radius 1 is 1.60 bits per heavy atom. The van der Waals surface area contributed by atoms with Gasteiger partial charge in [-0.05, 0) is 0 Å². The summed E-state index contributed by atoms with van der Waals surface area (Å²) < 4.78 is 4.19. The van der Waals surface area contributed by atoms with Gasteiger partial charge in [0.25, 0.3) is 0 Å². The van der Waals surface area contributed by atoms with Crippen molar-refractivity contribution in [2.75, 3.05) is 13.7 Å². The zero-order chi connectivity index (χ0) is 7.98. The van der Waals surface area contributed by atoms with Gasteiger partial charge in [0, 0.05) is 6.54 Å². The summed E-state index contributed by atoms with van der Waals surface area (Å²) in [5.74, 6) is -0.948. The molecule has 1 amide bonds. The molecule has 5 nitrogen and oxygen atoms in total. The maximum absolute atomic E-state index is 10.3. The zero-order valence-electron chi connectivity index (χ0n) is 5.59. The van der Waals surface area contributed by atoms with E-state index in [4.69, 9.17) is 5.11 Å². The molecule has 5 heteroatoms. The number of carbonyl (C=O) groups is 2. The molecule has 0 bridgehead atoms. The average Bonchev–Trinajstić information content (AvgIpc) is 1.87. The summed E-state index contributed by atoms with van der Waals surface area (Å²) in [5, 5.41) is 10.3. The Kier molecular flexibility index (Phi) is 4.02. The van der Waals surface area contributed by atoms with Gasteiger partial charge in [0.2, 0.25) is 0 Å². The number of hydrogen-bond donors (Lipinski definition) is 2. The number of rotatable bonds is 3. The number of carboxylic acid groups (broad SMARTS) is 1. The lowest BCUT2D eigenvalue weighted by molar-refractivity contribution is -0.136. The minimum Gasteiger partial charge on any atom is -0.481 e. The molecule has 0 aliphatic heterocycles. The van der Waals surface area contributed by atoms with Crippen molar-refractivity contribution < 1.29 is 19.4 Å². The van der Waals surface area contributed by atoms with Crippen LogP contribution in [0.5, 0.6) is 0 Å². The normalized spacial score (nSPS) is 8.50. The zero-order valence-corrected chi connectivity index (χ0v) is 5.59. The fraction of sp³-hybridized carbons (Fsp3) is 0.600. The van der Waals surface area contributed by atoms with Crippen LogP contribution in [0.15, 0.2) is 0 Å². The monoisotopic (exact) mass is 147 g/mol. The predicted molar refractivity (Wildman–Crippen MR) is 32.7 cm³/mol. The third kappa shape index (κ3) is 4.89. The van der Waals surface area contributed by atoms with E-state index in [1.165, 1.54) is 7.11 Å². The Labute approximate surface area is 58.0 Å². The number of hydrogen-bond acceptors (Lipinski definition) is 3. The number of aliphatic carboxylic acids is 1. The largest absolute Gasteiger partial charge is 0.481 e. The minimum atomic E-state index is -0.948. The number of alkyl carbamates (subject to hydrolysis) is 1. The molecule has 0 rings (SSSR count). The fourth-order valence-corrected chi connectivity index (χ4v) is 0.344. The molecule has 58 valence electrons. The molecule has 0 unspecified atom stereocenters. The highest BCUT2D eigenvalue weighted by atomic mass is 16.5. The third-order valence-corrected chi connectivity index (χ3v) is 0.794. The molecule has 0 aromatic heterocycles. The number of nitrogens with one attached hydrogen (secondary N) is 1. The molecule has 0 fully saturated rings. The molecule has 0 heterocycles. The number of amides is 1. The molecule has 0 atom stereocenters. The van der Waals surface area contributed by atoms with Gasteiger partial charge in [-0.3, -0.25) is 4.79 Å². The molecule has 0 aromatic carbocycles. The van der Waals surface area contributed by atoms with E-state index in [9.17, 15) is 9.59 Å². The van der Waals surface area contributed by atoms with Crippen LogP contribution in [-0.2, 0) is 9.53 Å². The van der Waals surface area contributed by atoms with Crippen molar-refractivity contribution >= 4 is 12.1 Å². The maximum atomic E-state index is 10.3. The summed E-state index contributed by atoms with van der Waals surface area (Å²) in [7, 11) is 1.22. The van der Waals surface area contributed by atoms with E-state index in [2.05, 4.69) is 10.1 Å². The van der Waals surface area contributed by atoms with Crippen LogP contribution in [0.1, 0.15) is 6.42 Å². The SMILES string of the molecule is COC(=O)NCCC(=O)O. The first-order valence-electron chi connectivity index (χ1n) is 2.70. The maximum Gasteiger partial charge on any atom is 0.406 e. The molecule has 10 heavy (non-hydrogen) atoms. The van der Waals surface area contributed by atoms with Crippen molar-refractivity contribution in [3.8, 4) is 0 Å². The molecule has 0 aliphatic rings. The lowest BCUT2D eigenvalue weighted by atomic mass is 10.4. The summed E-state index contributed by atoms with van der Waals surface area (Å²) in [5.41, 5.74) is 0. The van der Waals surface area contributed by atoms with Gasteiger partial charge in [0.05, 0.1) is 13.5 Å². The highest BCUT2D eigenvalue weighted by molar-refractivity contribution is 5.70. The van der Waals surface area contributed by atoms with Gasteiger partial charge in [0.1, 0.15) is 0 Å². The highest BCUT2D eigenvalue weighted by Gasteiger charge is 1.99. The molecule has 0 radical (unpaired) electrons. The van der Waals surface area contributed by atoms with E-state index in [0.29, 0.717) is 0 Å². The molecular formula is C5H9NO4. The number of ether oxygens (including phenoxy) is 1. The van der Waals surface area contributed by atoms with Crippen molar-refractivity contribution in [3.05, 3.63) is 0 Å². The van der Waals surface area contributed by atoms with Crippen LogP contribution in [0.3, 0.4) is 0 Å². The molecule has 2 N–H and O–H groups in total. The first-order chi connectivity index (χ1) is 4.66. The van der Waals surface area contributed by atoms with Crippen LogP contribution in [0.25, 0.3) is 0 Å². The standard InChI is InChI=1S/C5H9NO4/c1-10-5(9)6-3-2-4(7)8/h2-3H2,1H3,(H,6,9)(H,7,8). The van der Waals surface area contributed by atoms with Crippen molar-refractivity contribution in [2.24, 2.45) is 0 Å². The van der Waals surface area contributed by atoms with E-state index in [1.54, 1.807) is 0 Å². The fourth-order valence-electron chi connectivity index (χ4n) is 0.344. The van der Waals surface area contributed by atoms with Crippen molar-refractivity contribution in [2.45, 2.75) is 6.42 Å². The van der Waals surface area contributed by atoms with Gasteiger partial charge >= 0.3 is 12.1 Å². The summed E-state index contributed by atoms with van der Waals surface area (Å²) in [4.78, 5) is 20.1. The first-order valence-corrected chi connectivity index (χ1v) is 2.70. The predicted octanol–water partition coefficient (Wildman–Crippen LogP) is -0.183. The molecule has 0 spiro atoms. The number of carboxylic acids is 1. The van der Waals surface area contributed by atoms with Crippen molar-refractivity contribution in [1.29, 1.82) is 0 Å². The summed E-state index contributed by atoms with van der Waals surface area (Å²) in [6.45, 7) is 0.0992. The van der Waals surface area contributed by atoms with Gasteiger partial charge in [-0.25, -0.2) is 4.79 Å². The Hall–Kier alpha value is -1.26. The lowest BCUT2D eigenvalue weighted by Gasteiger charge is -1.99. The molecular weight excluding hydrogens is 138 g/mol. The second-order valence-corrected chi connectivity index (χ2v) is 1.56. The Morgan fingerprint density at radius 2 is 2.20 bits per heavy atom. The minimum absolute atomic E-state index is 0.0882. The van der Waals surface area contributed by atoms with E-state index in [1.807, 2.05) is 0 Å². The number of methoxy groups -OCH3 is 1. The van der Waals surface area contributed by atoms with Crippen LogP contribution in [-0.4, -0.2) is 30.8 Å². The Morgan fingerprint density at radius 3 is 2.60 bits per heavy atom. The van der Waals surface area contributed by atoms with Gasteiger partial charge < -0.3 is 15.2 Å². The van der Waals surface area contributed by atoms with E-state index >= 15 is 0 Å². The quantitative estimate of drug-likeness (QED) is 0.580. The summed E-state index contributed by atoms with van der Waals surface area (Å²) >= 11 is 0. The Balaban J connectivity index is 3.20. The second kappa shape index (κ2) is 4.60.